The highest BCUT2D eigenvalue weighted by Crippen LogP contribution is 2.19. The number of piperidine rings is 1. The minimum atomic E-state index is -0.319. The van der Waals surface area contributed by atoms with Gasteiger partial charge in [0, 0.05) is 36.6 Å². The fourth-order valence-corrected chi connectivity index (χ4v) is 3.01. The molecule has 6 nitrogen and oxygen atoms in total. The second-order valence-corrected chi connectivity index (χ2v) is 6.47. The Hall–Kier alpha value is -2.89. The first-order chi connectivity index (χ1) is 12.0. The monoisotopic (exact) mass is 339 g/mol. The van der Waals surface area contributed by atoms with Crippen molar-refractivity contribution in [2.75, 3.05) is 18.4 Å². The number of amides is 2. The summed E-state index contributed by atoms with van der Waals surface area (Å²) >= 11 is 0. The molecule has 6 heteroatoms. The van der Waals surface area contributed by atoms with Gasteiger partial charge in [-0.15, -0.1) is 0 Å². The second kappa shape index (κ2) is 7.34. The van der Waals surface area contributed by atoms with Crippen LogP contribution in [0.3, 0.4) is 0 Å². The van der Waals surface area contributed by atoms with E-state index in [1.165, 1.54) is 24.8 Å². The first-order valence-corrected chi connectivity index (χ1v) is 8.42. The average Bonchev–Trinajstić information content (AvgIpc) is 2.62. The molecule has 1 saturated heterocycles. The van der Waals surface area contributed by atoms with Crippen molar-refractivity contribution in [3.05, 3.63) is 64.1 Å². The molecule has 0 radical (unpaired) electrons. The molecule has 0 aliphatic carbocycles. The van der Waals surface area contributed by atoms with Crippen LogP contribution < -0.4 is 10.9 Å². The van der Waals surface area contributed by atoms with E-state index in [9.17, 15) is 14.4 Å². The number of carbonyl (C=O) groups is 2. The maximum atomic E-state index is 12.5. The van der Waals surface area contributed by atoms with E-state index in [1.54, 1.807) is 24.3 Å². The number of H-pyrrole nitrogens is 1. The number of hydrogen-bond acceptors (Lipinski definition) is 3. The van der Waals surface area contributed by atoms with Crippen molar-refractivity contribution in [2.24, 2.45) is 5.92 Å². The van der Waals surface area contributed by atoms with Crippen molar-refractivity contribution in [1.82, 2.24) is 9.88 Å². The lowest BCUT2D eigenvalue weighted by Crippen LogP contribution is -2.39. The standard InChI is InChI=1S/C19H21N3O3/c1-13-3-2-10-22(12-13)19(25)14-4-7-16(8-5-14)21-18(24)15-6-9-17(23)20-11-15/h4-9,11,13H,2-3,10,12H2,1H3,(H,20,23)(H,21,24). The van der Waals surface area contributed by atoms with Gasteiger partial charge in [-0.25, -0.2) is 0 Å². The predicted molar refractivity (Wildman–Crippen MR) is 95.8 cm³/mol. The summed E-state index contributed by atoms with van der Waals surface area (Å²) < 4.78 is 0. The summed E-state index contributed by atoms with van der Waals surface area (Å²) in [7, 11) is 0. The Labute approximate surface area is 145 Å². The molecule has 1 aromatic heterocycles. The van der Waals surface area contributed by atoms with E-state index in [0.29, 0.717) is 22.7 Å². The van der Waals surface area contributed by atoms with Gasteiger partial charge in [-0.1, -0.05) is 6.92 Å². The fraction of sp³-hybridized carbons (Fsp3) is 0.316. The van der Waals surface area contributed by atoms with Crippen LogP contribution in [0, 0.1) is 5.92 Å². The molecule has 1 aliphatic heterocycles. The maximum Gasteiger partial charge on any atom is 0.257 e. The highest BCUT2D eigenvalue weighted by Gasteiger charge is 2.21. The van der Waals surface area contributed by atoms with Crippen molar-refractivity contribution in [3.63, 3.8) is 0 Å². The van der Waals surface area contributed by atoms with E-state index in [-0.39, 0.29) is 17.4 Å². The fourth-order valence-electron chi connectivity index (χ4n) is 3.01. The quantitative estimate of drug-likeness (QED) is 0.901. The summed E-state index contributed by atoms with van der Waals surface area (Å²) in [5, 5.41) is 2.74. The van der Waals surface area contributed by atoms with Gasteiger partial charge in [0.2, 0.25) is 5.56 Å². The summed E-state index contributed by atoms with van der Waals surface area (Å²) in [6, 6.07) is 9.64. The van der Waals surface area contributed by atoms with Crippen LogP contribution in [0.5, 0.6) is 0 Å². The van der Waals surface area contributed by atoms with Gasteiger partial charge >= 0.3 is 0 Å². The maximum absolute atomic E-state index is 12.5. The topological polar surface area (TPSA) is 82.3 Å². The zero-order chi connectivity index (χ0) is 17.8. The largest absolute Gasteiger partial charge is 0.338 e. The van der Waals surface area contributed by atoms with E-state index in [4.69, 9.17) is 0 Å². The van der Waals surface area contributed by atoms with E-state index in [1.807, 2.05) is 4.90 Å². The van der Waals surface area contributed by atoms with Crippen LogP contribution in [-0.4, -0.2) is 34.8 Å². The van der Waals surface area contributed by atoms with E-state index in [2.05, 4.69) is 17.2 Å². The number of benzene rings is 1. The second-order valence-electron chi connectivity index (χ2n) is 6.47. The third-order valence-corrected chi connectivity index (χ3v) is 4.38. The number of pyridine rings is 1. The van der Waals surface area contributed by atoms with Gasteiger partial charge in [0.1, 0.15) is 0 Å². The minimum absolute atomic E-state index is 0.0325. The van der Waals surface area contributed by atoms with Crippen LogP contribution in [0.2, 0.25) is 0 Å². The van der Waals surface area contributed by atoms with Gasteiger partial charge < -0.3 is 15.2 Å². The van der Waals surface area contributed by atoms with Crippen molar-refractivity contribution in [3.8, 4) is 0 Å². The number of aromatic nitrogens is 1. The van der Waals surface area contributed by atoms with Crippen molar-refractivity contribution in [1.29, 1.82) is 0 Å². The van der Waals surface area contributed by atoms with Gasteiger partial charge in [0.15, 0.2) is 0 Å². The Morgan fingerprint density at radius 1 is 1.12 bits per heavy atom. The molecule has 2 amide bonds. The van der Waals surface area contributed by atoms with Crippen molar-refractivity contribution < 1.29 is 9.59 Å². The highest BCUT2D eigenvalue weighted by atomic mass is 16.2. The number of carbonyl (C=O) groups excluding carboxylic acids is 2. The number of anilines is 1. The number of nitrogens with one attached hydrogen (secondary N) is 2. The molecule has 1 unspecified atom stereocenters. The molecule has 1 atom stereocenters. The molecule has 2 N–H and O–H groups in total. The first kappa shape index (κ1) is 17.0. The van der Waals surface area contributed by atoms with E-state index in [0.717, 1.165) is 19.5 Å². The molecule has 0 saturated carbocycles. The van der Waals surface area contributed by atoms with E-state index < -0.39 is 0 Å². The van der Waals surface area contributed by atoms with Crippen molar-refractivity contribution >= 4 is 17.5 Å². The zero-order valence-corrected chi connectivity index (χ0v) is 14.1. The van der Waals surface area contributed by atoms with Crippen LogP contribution >= 0.6 is 0 Å². The predicted octanol–water partition coefficient (Wildman–Crippen LogP) is 2.50. The smallest absolute Gasteiger partial charge is 0.257 e. The number of rotatable bonds is 3. The van der Waals surface area contributed by atoms with Crippen LogP contribution in [-0.2, 0) is 0 Å². The number of aromatic amines is 1. The molecule has 2 aromatic rings. The molecular formula is C19H21N3O3. The zero-order valence-electron chi connectivity index (χ0n) is 14.1. The first-order valence-electron chi connectivity index (χ1n) is 8.42. The highest BCUT2D eigenvalue weighted by molar-refractivity contribution is 6.04. The number of nitrogens with zero attached hydrogens (tertiary/aromatic N) is 1. The lowest BCUT2D eigenvalue weighted by atomic mass is 9.99. The molecule has 2 heterocycles. The molecule has 0 spiro atoms. The Morgan fingerprint density at radius 3 is 2.48 bits per heavy atom. The van der Waals surface area contributed by atoms with Gasteiger partial charge in [-0.3, -0.25) is 14.4 Å². The van der Waals surface area contributed by atoms with Crippen LogP contribution in [0.15, 0.2) is 47.4 Å². The summed E-state index contributed by atoms with van der Waals surface area (Å²) in [5.74, 6) is 0.249. The molecule has 1 fully saturated rings. The number of hydrogen-bond donors (Lipinski definition) is 2. The molecular weight excluding hydrogens is 318 g/mol. The summed E-state index contributed by atoms with van der Waals surface area (Å²) in [6.07, 6.45) is 3.58. The van der Waals surface area contributed by atoms with Crippen LogP contribution in [0.25, 0.3) is 0 Å². The Balaban J connectivity index is 1.65. The lowest BCUT2D eigenvalue weighted by molar-refractivity contribution is 0.0683. The molecule has 1 aromatic carbocycles. The van der Waals surface area contributed by atoms with Gasteiger partial charge in [0.25, 0.3) is 11.8 Å². The molecule has 1 aliphatic rings. The lowest BCUT2D eigenvalue weighted by Gasteiger charge is -2.31. The molecule has 130 valence electrons. The minimum Gasteiger partial charge on any atom is -0.338 e. The Bertz CT molecular complexity index is 806. The molecule has 0 bridgehead atoms. The van der Waals surface area contributed by atoms with Gasteiger partial charge in [0.05, 0.1) is 5.56 Å². The normalized spacial score (nSPS) is 17.2. The summed E-state index contributed by atoms with van der Waals surface area (Å²) in [4.78, 5) is 40.0. The van der Waals surface area contributed by atoms with Crippen LogP contribution in [0.4, 0.5) is 5.69 Å². The summed E-state index contributed by atoms with van der Waals surface area (Å²) in [5.41, 5.74) is 1.32. The van der Waals surface area contributed by atoms with Gasteiger partial charge in [-0.2, -0.15) is 0 Å². The third kappa shape index (κ3) is 4.15. The summed E-state index contributed by atoms with van der Waals surface area (Å²) in [6.45, 7) is 3.76. The van der Waals surface area contributed by atoms with Crippen molar-refractivity contribution in [2.45, 2.75) is 19.8 Å². The number of likely N-dealkylation sites (tertiary alicyclic amines) is 1. The van der Waals surface area contributed by atoms with Crippen LogP contribution in [0.1, 0.15) is 40.5 Å². The Kier molecular flexibility index (Phi) is 4.97. The third-order valence-electron chi connectivity index (χ3n) is 4.38. The molecule has 25 heavy (non-hydrogen) atoms. The Morgan fingerprint density at radius 2 is 1.84 bits per heavy atom. The van der Waals surface area contributed by atoms with E-state index >= 15 is 0 Å². The SMILES string of the molecule is CC1CCCN(C(=O)c2ccc(NC(=O)c3ccc(=O)[nH]c3)cc2)C1. The van der Waals surface area contributed by atoms with Gasteiger partial charge in [-0.05, 0) is 49.1 Å². The molecule has 3 rings (SSSR count). The average molecular weight is 339 g/mol.